The molecule has 1 N–H and O–H groups in total. The largest absolute Gasteiger partial charge is 0.416 e. The van der Waals surface area contributed by atoms with Crippen LogP contribution in [0.25, 0.3) is 17.1 Å². The summed E-state index contributed by atoms with van der Waals surface area (Å²) >= 11 is 2.59. The molecule has 0 aliphatic heterocycles. The number of thiazole rings is 1. The van der Waals surface area contributed by atoms with Crippen LogP contribution >= 0.6 is 23.1 Å². The first-order valence-corrected chi connectivity index (χ1v) is 12.3. The second-order valence-electron chi connectivity index (χ2n) is 8.55. The van der Waals surface area contributed by atoms with Crippen LogP contribution in [0.15, 0.2) is 59.3 Å². The normalized spacial score (nSPS) is 12.1. The number of hydrogen-bond acceptors (Lipinski definition) is 7. The third-order valence-electron chi connectivity index (χ3n) is 4.58. The van der Waals surface area contributed by atoms with Gasteiger partial charge in [0.05, 0.1) is 17.0 Å². The van der Waals surface area contributed by atoms with Crippen LogP contribution in [0.2, 0.25) is 0 Å². The zero-order valence-corrected chi connectivity index (χ0v) is 20.6. The fourth-order valence-corrected chi connectivity index (χ4v) is 4.86. The van der Waals surface area contributed by atoms with Crippen molar-refractivity contribution in [1.29, 1.82) is 0 Å². The summed E-state index contributed by atoms with van der Waals surface area (Å²) in [5, 5.41) is 14.1. The van der Waals surface area contributed by atoms with E-state index in [1.807, 2.05) is 20.8 Å². The number of pyridine rings is 1. The van der Waals surface area contributed by atoms with Crippen LogP contribution in [0.1, 0.15) is 41.8 Å². The molecule has 182 valence electrons. The number of carbonyl (C=O) groups excluding carboxylic acids is 1. The molecular formula is C23H21F3N6OS2. The molecule has 1 amide bonds. The van der Waals surface area contributed by atoms with E-state index in [1.54, 1.807) is 40.5 Å². The maximum absolute atomic E-state index is 13.4. The van der Waals surface area contributed by atoms with Crippen LogP contribution in [0, 0.1) is 0 Å². The Balaban J connectivity index is 1.64. The molecule has 0 bridgehead atoms. The molecule has 4 rings (SSSR count). The number of nitrogens with zero attached hydrogens (tertiary/aromatic N) is 5. The molecule has 0 saturated carbocycles. The number of alkyl halides is 3. The number of amides is 1. The van der Waals surface area contributed by atoms with Crippen molar-refractivity contribution in [3.63, 3.8) is 0 Å². The molecule has 0 spiro atoms. The van der Waals surface area contributed by atoms with Gasteiger partial charge in [0.15, 0.2) is 11.0 Å². The summed E-state index contributed by atoms with van der Waals surface area (Å²) in [5.41, 5.74) is 0.0389. The molecule has 0 unspecified atom stereocenters. The van der Waals surface area contributed by atoms with Gasteiger partial charge in [-0.15, -0.1) is 21.5 Å². The smallest absolute Gasteiger partial charge is 0.346 e. The van der Waals surface area contributed by atoms with E-state index in [4.69, 9.17) is 0 Å². The Morgan fingerprint density at radius 3 is 2.63 bits per heavy atom. The molecule has 7 nitrogen and oxygen atoms in total. The quantitative estimate of drug-likeness (QED) is 0.333. The van der Waals surface area contributed by atoms with Gasteiger partial charge >= 0.3 is 6.18 Å². The van der Waals surface area contributed by atoms with Crippen molar-refractivity contribution in [2.75, 3.05) is 0 Å². The van der Waals surface area contributed by atoms with Crippen LogP contribution in [0.4, 0.5) is 13.2 Å². The molecule has 3 aromatic heterocycles. The van der Waals surface area contributed by atoms with Crippen molar-refractivity contribution in [2.24, 2.45) is 0 Å². The first-order chi connectivity index (χ1) is 16.5. The van der Waals surface area contributed by atoms with Gasteiger partial charge in [-0.3, -0.25) is 14.3 Å². The van der Waals surface area contributed by atoms with Gasteiger partial charge in [0.25, 0.3) is 5.91 Å². The number of halogens is 3. The highest BCUT2D eigenvalue weighted by Gasteiger charge is 2.31. The van der Waals surface area contributed by atoms with Crippen molar-refractivity contribution in [3.8, 4) is 17.1 Å². The Labute approximate surface area is 207 Å². The summed E-state index contributed by atoms with van der Waals surface area (Å²) in [5.74, 6) is 0.456. The van der Waals surface area contributed by atoms with Gasteiger partial charge < -0.3 is 5.32 Å². The van der Waals surface area contributed by atoms with Crippen LogP contribution in [-0.2, 0) is 11.9 Å². The zero-order valence-electron chi connectivity index (χ0n) is 19.0. The SMILES string of the molecule is CC(C)(C)NC(=O)c1csc(CSc2nnc(-c3cccnc3)n2-c2cccc(C(F)(F)F)c2)n1. The lowest BCUT2D eigenvalue weighted by Gasteiger charge is -2.19. The van der Waals surface area contributed by atoms with Crippen molar-refractivity contribution in [3.05, 3.63) is 70.4 Å². The maximum atomic E-state index is 13.4. The van der Waals surface area contributed by atoms with Gasteiger partial charge in [-0.25, -0.2) is 4.98 Å². The van der Waals surface area contributed by atoms with Crippen LogP contribution in [0.5, 0.6) is 0 Å². The summed E-state index contributed by atoms with van der Waals surface area (Å²) in [6, 6.07) is 8.47. The molecule has 0 radical (unpaired) electrons. The molecule has 35 heavy (non-hydrogen) atoms. The van der Waals surface area contributed by atoms with Crippen LogP contribution in [0.3, 0.4) is 0 Å². The lowest BCUT2D eigenvalue weighted by atomic mass is 10.1. The topological polar surface area (TPSA) is 85.6 Å². The highest BCUT2D eigenvalue weighted by molar-refractivity contribution is 7.98. The number of thioether (sulfide) groups is 1. The fourth-order valence-electron chi connectivity index (χ4n) is 3.11. The Kier molecular flexibility index (Phi) is 6.95. The number of nitrogens with one attached hydrogen (secondary N) is 1. The number of aromatic nitrogens is 5. The second kappa shape index (κ2) is 9.78. The lowest BCUT2D eigenvalue weighted by Crippen LogP contribution is -2.40. The van der Waals surface area contributed by atoms with E-state index in [0.717, 1.165) is 12.1 Å². The molecule has 0 aliphatic rings. The monoisotopic (exact) mass is 518 g/mol. The minimum Gasteiger partial charge on any atom is -0.346 e. The van der Waals surface area contributed by atoms with Gasteiger partial charge in [0, 0.05) is 28.9 Å². The van der Waals surface area contributed by atoms with Crippen molar-refractivity contribution in [2.45, 2.75) is 43.4 Å². The van der Waals surface area contributed by atoms with E-state index in [-0.39, 0.29) is 17.1 Å². The van der Waals surface area contributed by atoms with E-state index >= 15 is 0 Å². The Bertz CT molecular complexity index is 1330. The summed E-state index contributed by atoms with van der Waals surface area (Å²) < 4.78 is 41.7. The third kappa shape index (κ3) is 6.06. The predicted molar refractivity (Wildman–Crippen MR) is 128 cm³/mol. The van der Waals surface area contributed by atoms with E-state index in [0.29, 0.717) is 33.0 Å². The molecule has 1 aromatic carbocycles. The summed E-state index contributed by atoms with van der Waals surface area (Å²) in [7, 11) is 0. The Morgan fingerprint density at radius 1 is 1.14 bits per heavy atom. The highest BCUT2D eigenvalue weighted by Crippen LogP contribution is 2.34. The van der Waals surface area contributed by atoms with E-state index < -0.39 is 11.7 Å². The average Bonchev–Trinajstić information content (AvgIpc) is 3.44. The zero-order chi connectivity index (χ0) is 25.2. The second-order valence-corrected chi connectivity index (χ2v) is 10.4. The van der Waals surface area contributed by atoms with Gasteiger partial charge in [0.1, 0.15) is 10.7 Å². The molecule has 3 heterocycles. The number of benzene rings is 1. The lowest BCUT2D eigenvalue weighted by molar-refractivity contribution is -0.137. The molecule has 12 heteroatoms. The van der Waals surface area contributed by atoms with Gasteiger partial charge in [-0.1, -0.05) is 17.8 Å². The van der Waals surface area contributed by atoms with Crippen molar-refractivity contribution in [1.82, 2.24) is 30.0 Å². The molecule has 0 saturated heterocycles. The predicted octanol–water partition coefficient (Wildman–Crippen LogP) is 5.63. The first-order valence-electron chi connectivity index (χ1n) is 10.4. The van der Waals surface area contributed by atoms with Crippen molar-refractivity contribution < 1.29 is 18.0 Å². The average molecular weight is 519 g/mol. The fraction of sp³-hybridized carbons (Fsp3) is 0.261. The number of hydrogen-bond donors (Lipinski definition) is 1. The highest BCUT2D eigenvalue weighted by atomic mass is 32.2. The minimum absolute atomic E-state index is 0.268. The summed E-state index contributed by atoms with van der Waals surface area (Å²) in [4.78, 5) is 20.8. The standard InChI is InChI=1S/C23H21F3N6OS2/c1-22(2,3)29-20(33)17-12-34-18(28-17)13-35-21-31-30-19(14-6-5-9-27-11-14)32(21)16-8-4-7-15(10-16)23(24,25)26/h4-12H,13H2,1-3H3,(H,29,33). The van der Waals surface area contributed by atoms with E-state index in [1.165, 1.54) is 29.2 Å². The maximum Gasteiger partial charge on any atom is 0.416 e. The molecular weight excluding hydrogens is 497 g/mol. The number of carbonyl (C=O) groups is 1. The van der Waals surface area contributed by atoms with E-state index in [9.17, 15) is 18.0 Å². The van der Waals surface area contributed by atoms with Gasteiger partial charge in [-0.05, 0) is 51.1 Å². The molecule has 0 atom stereocenters. The number of rotatable bonds is 6. The van der Waals surface area contributed by atoms with Crippen LogP contribution < -0.4 is 5.32 Å². The van der Waals surface area contributed by atoms with Crippen molar-refractivity contribution >= 4 is 29.0 Å². The van der Waals surface area contributed by atoms with Gasteiger partial charge in [0.2, 0.25) is 0 Å². The first kappa shape index (κ1) is 24.9. The molecule has 0 fully saturated rings. The molecule has 4 aromatic rings. The third-order valence-corrected chi connectivity index (χ3v) is 6.55. The summed E-state index contributed by atoms with van der Waals surface area (Å²) in [6.45, 7) is 5.65. The Morgan fingerprint density at radius 2 is 1.94 bits per heavy atom. The van der Waals surface area contributed by atoms with E-state index in [2.05, 4.69) is 25.5 Å². The summed E-state index contributed by atoms with van der Waals surface area (Å²) in [6.07, 6.45) is -1.32. The van der Waals surface area contributed by atoms with Gasteiger partial charge in [-0.2, -0.15) is 13.2 Å². The van der Waals surface area contributed by atoms with Crippen LogP contribution in [-0.4, -0.2) is 36.2 Å². The minimum atomic E-state index is -4.49. The molecule has 0 aliphatic carbocycles. The Hall–Kier alpha value is -3.25.